The zero-order chi connectivity index (χ0) is 19.3. The molecule has 5 nitrogen and oxygen atoms in total. The third-order valence-corrected chi connectivity index (χ3v) is 5.74. The van der Waals surface area contributed by atoms with Gasteiger partial charge in [-0.1, -0.05) is 31.2 Å². The van der Waals surface area contributed by atoms with Gasteiger partial charge in [0.25, 0.3) is 0 Å². The number of benzene rings is 1. The van der Waals surface area contributed by atoms with E-state index in [1.807, 2.05) is 18.6 Å². The second kappa shape index (κ2) is 8.65. The van der Waals surface area contributed by atoms with Crippen molar-refractivity contribution < 1.29 is 0 Å². The zero-order valence-corrected chi connectivity index (χ0v) is 16.9. The fourth-order valence-electron chi connectivity index (χ4n) is 4.15. The van der Waals surface area contributed by atoms with Gasteiger partial charge in [-0.3, -0.25) is 10.00 Å². The highest BCUT2D eigenvalue weighted by atomic mass is 15.1. The summed E-state index contributed by atoms with van der Waals surface area (Å²) in [5, 5.41) is 7.67. The van der Waals surface area contributed by atoms with Gasteiger partial charge >= 0.3 is 0 Å². The van der Waals surface area contributed by atoms with Crippen molar-refractivity contribution in [3.05, 3.63) is 65.5 Å². The maximum atomic E-state index is 4.49. The van der Waals surface area contributed by atoms with Crippen LogP contribution < -0.4 is 0 Å². The standard InChI is InChI=1S/C23H29N5/c1-3-6-22-24-13-18(14-25-22)16-28-11-9-19(10-12-28)23-21(15-26-27-23)20-8-5-4-7-17(20)2/h4-5,7-8,13-15,19H,3,6,9-12,16H2,1-2H3,(H,26,27). The fourth-order valence-corrected chi connectivity index (χ4v) is 4.15. The van der Waals surface area contributed by atoms with Crippen LogP contribution in [-0.2, 0) is 13.0 Å². The summed E-state index contributed by atoms with van der Waals surface area (Å²) in [6.45, 7) is 7.45. The number of hydrogen-bond acceptors (Lipinski definition) is 4. The third kappa shape index (κ3) is 4.14. The van der Waals surface area contributed by atoms with E-state index < -0.39 is 0 Å². The molecule has 3 aromatic rings. The van der Waals surface area contributed by atoms with E-state index in [2.05, 4.69) is 63.2 Å². The molecule has 146 valence electrons. The molecule has 28 heavy (non-hydrogen) atoms. The molecule has 0 bridgehead atoms. The number of aromatic nitrogens is 4. The van der Waals surface area contributed by atoms with Crippen molar-refractivity contribution in [3.63, 3.8) is 0 Å². The van der Waals surface area contributed by atoms with E-state index in [1.54, 1.807) is 0 Å². The largest absolute Gasteiger partial charge is 0.299 e. The third-order valence-electron chi connectivity index (χ3n) is 5.74. The summed E-state index contributed by atoms with van der Waals surface area (Å²) in [5.41, 5.74) is 6.35. The fraction of sp³-hybridized carbons (Fsp3) is 0.435. The van der Waals surface area contributed by atoms with Crippen molar-refractivity contribution in [2.24, 2.45) is 0 Å². The van der Waals surface area contributed by atoms with E-state index in [-0.39, 0.29) is 0 Å². The quantitative estimate of drug-likeness (QED) is 0.689. The molecular weight excluding hydrogens is 346 g/mol. The Morgan fingerprint density at radius 1 is 1.04 bits per heavy atom. The molecule has 0 spiro atoms. The van der Waals surface area contributed by atoms with E-state index in [9.17, 15) is 0 Å². The molecule has 3 heterocycles. The van der Waals surface area contributed by atoms with Gasteiger partial charge in [0.2, 0.25) is 0 Å². The van der Waals surface area contributed by atoms with E-state index in [1.165, 1.54) is 27.9 Å². The molecule has 0 atom stereocenters. The Labute approximate surface area is 167 Å². The molecule has 5 heteroatoms. The maximum Gasteiger partial charge on any atom is 0.128 e. The lowest BCUT2D eigenvalue weighted by Crippen LogP contribution is -2.32. The van der Waals surface area contributed by atoms with Crippen LogP contribution in [0.1, 0.15) is 54.7 Å². The van der Waals surface area contributed by atoms with Gasteiger partial charge in [0.15, 0.2) is 0 Å². The van der Waals surface area contributed by atoms with Crippen LogP contribution in [0.4, 0.5) is 0 Å². The maximum absolute atomic E-state index is 4.49. The Morgan fingerprint density at radius 2 is 1.79 bits per heavy atom. The number of rotatable bonds is 6. The van der Waals surface area contributed by atoms with Gasteiger partial charge in [-0.25, -0.2) is 9.97 Å². The van der Waals surface area contributed by atoms with Crippen LogP contribution >= 0.6 is 0 Å². The number of H-pyrrole nitrogens is 1. The summed E-state index contributed by atoms with van der Waals surface area (Å²) in [4.78, 5) is 11.5. The average Bonchev–Trinajstić information content (AvgIpc) is 3.20. The highest BCUT2D eigenvalue weighted by Crippen LogP contribution is 2.35. The first-order chi connectivity index (χ1) is 13.7. The average molecular weight is 376 g/mol. The molecule has 0 amide bonds. The minimum atomic E-state index is 0.538. The molecule has 1 fully saturated rings. The van der Waals surface area contributed by atoms with Crippen molar-refractivity contribution >= 4 is 0 Å². The predicted octanol–water partition coefficient (Wildman–Crippen LogP) is 4.51. The first-order valence-corrected chi connectivity index (χ1v) is 10.4. The topological polar surface area (TPSA) is 57.7 Å². The first-order valence-electron chi connectivity index (χ1n) is 10.4. The summed E-state index contributed by atoms with van der Waals surface area (Å²) in [7, 11) is 0. The number of nitrogens with zero attached hydrogens (tertiary/aromatic N) is 4. The highest BCUT2D eigenvalue weighted by Gasteiger charge is 2.25. The van der Waals surface area contributed by atoms with Crippen molar-refractivity contribution in [1.82, 2.24) is 25.1 Å². The van der Waals surface area contributed by atoms with E-state index in [0.29, 0.717) is 5.92 Å². The van der Waals surface area contributed by atoms with Crippen LogP contribution in [0.15, 0.2) is 42.9 Å². The highest BCUT2D eigenvalue weighted by molar-refractivity contribution is 5.69. The van der Waals surface area contributed by atoms with Gasteiger partial charge in [0.05, 0.1) is 6.20 Å². The molecule has 1 saturated heterocycles. The lowest BCUT2D eigenvalue weighted by Gasteiger charge is -2.31. The smallest absolute Gasteiger partial charge is 0.128 e. The van der Waals surface area contributed by atoms with E-state index in [0.717, 1.165) is 51.1 Å². The molecule has 1 aromatic carbocycles. The Balaban J connectivity index is 1.39. The van der Waals surface area contributed by atoms with Gasteiger partial charge in [0.1, 0.15) is 5.82 Å². The number of hydrogen-bond donors (Lipinski definition) is 1. The monoisotopic (exact) mass is 375 g/mol. The van der Waals surface area contributed by atoms with Crippen LogP contribution in [-0.4, -0.2) is 38.2 Å². The summed E-state index contributed by atoms with van der Waals surface area (Å²) in [6, 6.07) is 8.56. The lowest BCUT2D eigenvalue weighted by atomic mass is 9.88. The lowest BCUT2D eigenvalue weighted by molar-refractivity contribution is 0.203. The summed E-state index contributed by atoms with van der Waals surface area (Å²) in [5.74, 6) is 1.49. The molecular formula is C23H29N5. The van der Waals surface area contributed by atoms with Crippen molar-refractivity contribution in [3.8, 4) is 11.1 Å². The van der Waals surface area contributed by atoms with Crippen LogP contribution in [0, 0.1) is 6.92 Å². The van der Waals surface area contributed by atoms with Crippen LogP contribution in [0.2, 0.25) is 0 Å². The Kier molecular flexibility index (Phi) is 5.81. The van der Waals surface area contributed by atoms with Crippen molar-refractivity contribution in [1.29, 1.82) is 0 Å². The predicted molar refractivity (Wildman–Crippen MR) is 112 cm³/mol. The van der Waals surface area contributed by atoms with E-state index in [4.69, 9.17) is 0 Å². The minimum Gasteiger partial charge on any atom is -0.299 e. The van der Waals surface area contributed by atoms with Gasteiger partial charge in [-0.15, -0.1) is 0 Å². The molecule has 0 radical (unpaired) electrons. The molecule has 0 unspecified atom stereocenters. The first kappa shape index (κ1) is 18.8. The molecule has 1 N–H and O–H groups in total. The Morgan fingerprint density at radius 3 is 2.50 bits per heavy atom. The number of likely N-dealkylation sites (tertiary alicyclic amines) is 1. The number of nitrogens with one attached hydrogen (secondary N) is 1. The summed E-state index contributed by atoms with van der Waals surface area (Å²) in [6.07, 6.45) is 10.3. The van der Waals surface area contributed by atoms with Gasteiger partial charge in [-0.2, -0.15) is 5.10 Å². The van der Waals surface area contributed by atoms with Crippen LogP contribution in [0.5, 0.6) is 0 Å². The molecule has 2 aromatic heterocycles. The molecule has 0 aliphatic carbocycles. The van der Waals surface area contributed by atoms with E-state index >= 15 is 0 Å². The van der Waals surface area contributed by atoms with Crippen LogP contribution in [0.25, 0.3) is 11.1 Å². The molecule has 0 saturated carbocycles. The normalized spacial score (nSPS) is 15.8. The second-order valence-corrected chi connectivity index (χ2v) is 7.82. The van der Waals surface area contributed by atoms with Crippen LogP contribution in [0.3, 0.4) is 0 Å². The summed E-state index contributed by atoms with van der Waals surface area (Å²) >= 11 is 0. The minimum absolute atomic E-state index is 0.538. The van der Waals surface area contributed by atoms with Gasteiger partial charge < -0.3 is 0 Å². The SMILES string of the molecule is CCCc1ncc(CN2CCC(c3[nH]ncc3-c3ccccc3C)CC2)cn1. The molecule has 1 aliphatic rings. The van der Waals surface area contributed by atoms with Gasteiger partial charge in [-0.05, 0) is 50.4 Å². The number of aryl methyl sites for hydroxylation is 2. The molecule has 1 aliphatic heterocycles. The van der Waals surface area contributed by atoms with Gasteiger partial charge in [0, 0.05) is 48.1 Å². The number of aromatic amines is 1. The van der Waals surface area contributed by atoms with Crippen molar-refractivity contribution in [2.45, 2.75) is 52.0 Å². The number of piperidine rings is 1. The van der Waals surface area contributed by atoms with Crippen molar-refractivity contribution in [2.75, 3.05) is 13.1 Å². The molecule has 4 rings (SSSR count). The second-order valence-electron chi connectivity index (χ2n) is 7.82. The zero-order valence-electron chi connectivity index (χ0n) is 16.9. The summed E-state index contributed by atoms with van der Waals surface area (Å²) < 4.78 is 0. The Hall–Kier alpha value is -2.53. The Bertz CT molecular complexity index is 891.